The summed E-state index contributed by atoms with van der Waals surface area (Å²) in [5.74, 6) is -2.28. The van der Waals surface area contributed by atoms with Crippen LogP contribution in [0.3, 0.4) is 0 Å². The number of hydrogen-bond donors (Lipinski definition) is 1. The molecule has 1 aliphatic heterocycles. The highest BCUT2D eigenvalue weighted by molar-refractivity contribution is 5.76. The van der Waals surface area contributed by atoms with Crippen LogP contribution in [0.4, 0.5) is 0 Å². The van der Waals surface area contributed by atoms with Gasteiger partial charge in [-0.1, -0.05) is 91.0 Å². The van der Waals surface area contributed by atoms with Crippen molar-refractivity contribution in [3.05, 3.63) is 119 Å². The molecular formula is C31H30N2O7. The van der Waals surface area contributed by atoms with E-state index in [1.54, 1.807) is 37.3 Å². The number of carboxylic acids is 1. The minimum Gasteiger partial charge on any atom is -0.481 e. The van der Waals surface area contributed by atoms with Crippen molar-refractivity contribution in [3.8, 4) is 11.9 Å². The maximum absolute atomic E-state index is 13.1. The Hall–Kier alpha value is -4.31. The lowest BCUT2D eigenvalue weighted by Crippen LogP contribution is -2.53. The van der Waals surface area contributed by atoms with Crippen molar-refractivity contribution in [1.82, 2.24) is 9.97 Å². The van der Waals surface area contributed by atoms with E-state index in [0.29, 0.717) is 30.0 Å². The number of aliphatic carboxylic acids is 1. The van der Waals surface area contributed by atoms with Gasteiger partial charge in [-0.15, -0.1) is 0 Å². The van der Waals surface area contributed by atoms with Crippen LogP contribution in [-0.2, 0) is 30.4 Å². The highest BCUT2D eigenvalue weighted by Gasteiger charge is 2.52. The molecule has 1 aliphatic rings. The van der Waals surface area contributed by atoms with Gasteiger partial charge >= 0.3 is 12.0 Å². The lowest BCUT2D eigenvalue weighted by atomic mass is 9.81. The molecule has 40 heavy (non-hydrogen) atoms. The minimum absolute atomic E-state index is 0.133. The second-order valence-corrected chi connectivity index (χ2v) is 9.24. The fourth-order valence-corrected chi connectivity index (χ4v) is 4.86. The molecule has 0 aliphatic carbocycles. The molecule has 206 valence electrons. The third-order valence-corrected chi connectivity index (χ3v) is 6.70. The number of aromatic nitrogens is 2. The molecule has 1 atom stereocenters. The van der Waals surface area contributed by atoms with E-state index in [0.717, 1.165) is 5.56 Å². The lowest BCUT2D eigenvalue weighted by Gasteiger charge is -2.41. The van der Waals surface area contributed by atoms with Crippen LogP contribution >= 0.6 is 0 Å². The highest BCUT2D eigenvalue weighted by atomic mass is 16.8. The zero-order chi connectivity index (χ0) is 28.0. The molecule has 1 unspecified atom stereocenters. The van der Waals surface area contributed by atoms with Crippen LogP contribution in [0.15, 0.2) is 97.1 Å². The van der Waals surface area contributed by atoms with Gasteiger partial charge < -0.3 is 28.8 Å². The quantitative estimate of drug-likeness (QED) is 0.293. The Balaban J connectivity index is 1.67. The smallest absolute Gasteiger partial charge is 0.348 e. The Kier molecular flexibility index (Phi) is 8.06. The lowest BCUT2D eigenvalue weighted by molar-refractivity contribution is -0.235. The van der Waals surface area contributed by atoms with Crippen LogP contribution in [0.1, 0.15) is 22.4 Å². The zero-order valence-electron chi connectivity index (χ0n) is 22.2. The van der Waals surface area contributed by atoms with E-state index >= 15 is 0 Å². The first-order valence-corrected chi connectivity index (χ1v) is 12.8. The number of carboxylic acid groups (broad SMARTS) is 1. The molecule has 0 bridgehead atoms. The standard InChI is InChI=1S/C31H30N2O7/c1-22-20-26(36-2)33-29(32-22)40-27(28(34)35)31(24-14-8-4-9-15-24,25-16-10-5-11-17-25)39-21-30(37-18-19-38-30)23-12-6-3-7-13-23/h3-17,20,27H,18-19,21H2,1-2H3,(H,34,35). The number of carbonyl (C=O) groups is 1. The molecule has 1 fully saturated rings. The fraction of sp³-hybridized carbons (Fsp3) is 0.258. The summed E-state index contributed by atoms with van der Waals surface area (Å²) in [5.41, 5.74) is 0.727. The van der Waals surface area contributed by atoms with Gasteiger partial charge in [-0.05, 0) is 18.1 Å². The molecule has 5 rings (SSSR count). The molecule has 0 amide bonds. The number of hydrogen-bond acceptors (Lipinski definition) is 8. The van der Waals surface area contributed by atoms with E-state index in [1.165, 1.54) is 7.11 Å². The van der Waals surface area contributed by atoms with Crippen molar-refractivity contribution in [2.24, 2.45) is 0 Å². The van der Waals surface area contributed by atoms with Crippen LogP contribution in [-0.4, -0.2) is 54.1 Å². The molecule has 0 saturated carbocycles. The Morgan fingerprint density at radius 3 is 2.00 bits per heavy atom. The number of benzene rings is 3. The van der Waals surface area contributed by atoms with Crippen molar-refractivity contribution in [1.29, 1.82) is 0 Å². The molecule has 1 saturated heterocycles. The summed E-state index contributed by atoms with van der Waals surface area (Å²) >= 11 is 0. The van der Waals surface area contributed by atoms with E-state index in [-0.39, 0.29) is 18.5 Å². The van der Waals surface area contributed by atoms with Gasteiger partial charge in [-0.25, -0.2) is 9.78 Å². The Morgan fingerprint density at radius 2 is 1.48 bits per heavy atom. The van der Waals surface area contributed by atoms with Gasteiger partial charge in [0, 0.05) is 17.3 Å². The second kappa shape index (κ2) is 11.8. The van der Waals surface area contributed by atoms with Crippen molar-refractivity contribution in [2.45, 2.75) is 24.4 Å². The average molecular weight is 543 g/mol. The number of ether oxygens (including phenoxy) is 5. The number of methoxy groups -OCH3 is 1. The van der Waals surface area contributed by atoms with Crippen molar-refractivity contribution >= 4 is 5.97 Å². The van der Waals surface area contributed by atoms with Gasteiger partial charge in [0.25, 0.3) is 0 Å². The summed E-state index contributed by atoms with van der Waals surface area (Å²) in [6.45, 7) is 2.32. The van der Waals surface area contributed by atoms with Crippen molar-refractivity contribution < 1.29 is 33.6 Å². The first-order chi connectivity index (χ1) is 19.5. The third kappa shape index (κ3) is 5.40. The van der Waals surface area contributed by atoms with Crippen LogP contribution in [0, 0.1) is 6.92 Å². The highest BCUT2D eigenvalue weighted by Crippen LogP contribution is 2.42. The number of nitrogens with zero attached hydrogens (tertiary/aromatic N) is 2. The molecule has 1 N–H and O–H groups in total. The zero-order valence-corrected chi connectivity index (χ0v) is 22.2. The van der Waals surface area contributed by atoms with E-state index in [2.05, 4.69) is 9.97 Å². The number of rotatable bonds is 11. The molecule has 9 nitrogen and oxygen atoms in total. The second-order valence-electron chi connectivity index (χ2n) is 9.24. The van der Waals surface area contributed by atoms with E-state index in [4.69, 9.17) is 23.7 Å². The Labute approximate surface area is 232 Å². The average Bonchev–Trinajstić information content (AvgIpc) is 3.48. The van der Waals surface area contributed by atoms with Crippen LogP contribution in [0.2, 0.25) is 0 Å². The summed E-state index contributed by atoms with van der Waals surface area (Å²) < 4.78 is 30.4. The van der Waals surface area contributed by atoms with Crippen LogP contribution in [0.25, 0.3) is 0 Å². The molecule has 2 heterocycles. The monoisotopic (exact) mass is 542 g/mol. The molecule has 0 radical (unpaired) electrons. The first-order valence-electron chi connectivity index (χ1n) is 12.8. The summed E-state index contributed by atoms with van der Waals surface area (Å²) in [5, 5.41) is 10.7. The van der Waals surface area contributed by atoms with Crippen molar-refractivity contribution in [2.75, 3.05) is 26.9 Å². The van der Waals surface area contributed by atoms with Gasteiger partial charge in [0.2, 0.25) is 17.8 Å². The molecule has 4 aromatic rings. The van der Waals surface area contributed by atoms with E-state index in [9.17, 15) is 9.90 Å². The summed E-state index contributed by atoms with van der Waals surface area (Å²) in [6.07, 6.45) is -1.63. The summed E-state index contributed by atoms with van der Waals surface area (Å²) in [4.78, 5) is 21.7. The van der Waals surface area contributed by atoms with Gasteiger partial charge in [0.05, 0.1) is 20.3 Å². The topological polar surface area (TPSA) is 109 Å². The molecule has 0 spiro atoms. The molecule has 3 aromatic carbocycles. The van der Waals surface area contributed by atoms with Gasteiger partial charge in [-0.2, -0.15) is 4.98 Å². The predicted octanol–water partition coefficient (Wildman–Crippen LogP) is 4.49. The van der Waals surface area contributed by atoms with E-state index in [1.807, 2.05) is 66.7 Å². The SMILES string of the molecule is COc1cc(C)nc(OC(C(=O)O)C(OCC2(c3ccccc3)OCCO2)(c2ccccc2)c2ccccc2)n1. The van der Waals surface area contributed by atoms with Crippen LogP contribution < -0.4 is 9.47 Å². The van der Waals surface area contributed by atoms with Gasteiger partial charge in [0.1, 0.15) is 6.61 Å². The van der Waals surface area contributed by atoms with Crippen molar-refractivity contribution in [3.63, 3.8) is 0 Å². The van der Waals surface area contributed by atoms with Crippen LogP contribution in [0.5, 0.6) is 11.9 Å². The van der Waals surface area contributed by atoms with Gasteiger partial charge in [0.15, 0.2) is 5.60 Å². The number of aryl methyl sites for hydroxylation is 1. The third-order valence-electron chi connectivity index (χ3n) is 6.70. The maximum Gasteiger partial charge on any atom is 0.348 e. The fourth-order valence-electron chi connectivity index (χ4n) is 4.86. The Bertz CT molecular complexity index is 1370. The summed E-state index contributed by atoms with van der Waals surface area (Å²) in [7, 11) is 1.46. The summed E-state index contributed by atoms with van der Waals surface area (Å²) in [6, 6.07) is 29.1. The minimum atomic E-state index is -1.67. The normalized spacial score (nSPS) is 15.3. The first kappa shape index (κ1) is 27.3. The molecule has 1 aromatic heterocycles. The predicted molar refractivity (Wildman–Crippen MR) is 145 cm³/mol. The molecule has 9 heteroatoms. The maximum atomic E-state index is 13.1. The van der Waals surface area contributed by atoms with E-state index < -0.39 is 23.5 Å². The molecular weight excluding hydrogens is 512 g/mol. The van der Waals surface area contributed by atoms with Gasteiger partial charge in [-0.3, -0.25) is 0 Å². The Morgan fingerprint density at radius 1 is 0.925 bits per heavy atom. The largest absolute Gasteiger partial charge is 0.481 e.